The maximum atomic E-state index is 12.8. The predicted octanol–water partition coefficient (Wildman–Crippen LogP) is 4.26. The third-order valence-corrected chi connectivity index (χ3v) is 18.1. The molecule has 0 unspecified atom stereocenters. The summed E-state index contributed by atoms with van der Waals surface area (Å²) in [5, 5.41) is 13.4. The number of ketones is 1. The van der Waals surface area contributed by atoms with Gasteiger partial charge in [0.05, 0.1) is 110 Å². The Morgan fingerprint density at radius 3 is 1.33 bits per heavy atom. The number of rotatable bonds is 12. The molecule has 0 atom stereocenters. The number of aromatic amines is 4. The second-order valence-corrected chi connectivity index (χ2v) is 25.4. The number of nitrogens with two attached hydrogens (primary N) is 3. The third-order valence-electron chi connectivity index (χ3n) is 17.3. The van der Waals surface area contributed by atoms with Gasteiger partial charge in [-0.25, -0.2) is 29.7 Å². The summed E-state index contributed by atoms with van der Waals surface area (Å²) >= 11 is 1.90. The van der Waals surface area contributed by atoms with Gasteiger partial charge in [0.2, 0.25) is 23.6 Å². The first-order valence-corrected chi connectivity index (χ1v) is 36.5. The second-order valence-electron chi connectivity index (χ2n) is 24.6. The van der Waals surface area contributed by atoms with Gasteiger partial charge in [-0.3, -0.25) is 52.8 Å². The number of H-pyrrole nitrogens is 4. The van der Waals surface area contributed by atoms with Crippen molar-refractivity contribution in [3.05, 3.63) is 261 Å². The SMILES string of the molecule is C1CCOC1.COC(=O)C(=O)c1c[nH]c2ccccc12.COC1=NC(=O)C(c2c[nH]c3ccccc23)=C1n1cnc2ccccc21.I.I.NC(=O)CI.NC(=O)Cn1cnc2ccccc21.NC(=O)Cn1cnc2ccccc21.O=C1NC(=O)C(n2cnc3ccccc32)=C1c1c[nH]c2ccccc12.O=CO[O-].[B].[H-].[K+].[K+].c1ccc2[nH]cnc2c1. The molecule has 16 aromatic rings. The van der Waals surface area contributed by atoms with E-state index >= 15 is 0 Å². The number of para-hydroxylation sites is 13. The zero-order valence-electron chi connectivity index (χ0n) is 65.8. The number of carbonyl (C=O) groups is 9. The fourth-order valence-electron chi connectivity index (χ4n) is 12.2. The predicted molar refractivity (Wildman–Crippen MR) is 476 cm³/mol. The molecule has 11 heterocycles. The number of nitrogens with one attached hydrogen (secondary N) is 5. The molecule has 120 heavy (non-hydrogen) atoms. The number of ether oxygens (including phenoxy) is 3. The standard InChI is InChI=1S/C20H14N4O2.C19H12N4O2.C11H9NO3.2C9H9N3O.C7H6N2.C4H8O.C2H4INO.CH2O3.B.2HI.2K.H/c1-26-20-18(24-11-22-15-8-4-5-9-16(15)24)17(19(25)23-20)13-10-21-14-7-3-2-6-12(13)14;24-18-16(12-9-20-13-6-2-1-5-11(12)13)17(19(25)22-18)23-10-21-14-7-3-4-8-15(14)23;1-15-11(14)10(13)8-6-12-9-5-3-2-4-7(8)9;2*10-9(13)5-12-6-11-7-3-1-2-4-8(7)12;1-2-4-7-6(3-1)8-5-9-7;1-2-4-5-3-1;3-1-2(4)5;2-1-4-3;;;;;;/h2-11,21H,1H3;1-10,20H,(H,22,24,25);2-6,12H,1H3;2*1-4,6H,5H2,(H2,10,13);1-5H,(H,8,9);1-4H2;1H2,(H2,4,5);1,3H;;2*1H;;;/q;;;;;;;;;;;;2*+1;-1/p-1. The van der Waals surface area contributed by atoms with E-state index in [4.69, 9.17) is 31.0 Å². The van der Waals surface area contributed by atoms with Crippen molar-refractivity contribution in [3.8, 4) is 0 Å². The summed E-state index contributed by atoms with van der Waals surface area (Å²) in [6.45, 7) is 2.18. The summed E-state index contributed by atoms with van der Waals surface area (Å²) in [4.78, 5) is 140. The van der Waals surface area contributed by atoms with Gasteiger partial charge in [0.1, 0.15) is 37.1 Å². The molecule has 19 rings (SSSR count). The van der Waals surface area contributed by atoms with Crippen LogP contribution in [-0.2, 0) is 70.5 Å². The number of methoxy groups -OCH3 is 2. The van der Waals surface area contributed by atoms with Crippen LogP contribution in [0.5, 0.6) is 0 Å². The summed E-state index contributed by atoms with van der Waals surface area (Å²) in [5.74, 6) is -3.31. The Kier molecular flexibility index (Phi) is 40.3. The van der Waals surface area contributed by atoms with E-state index < -0.39 is 23.6 Å². The Morgan fingerprint density at radius 1 is 0.508 bits per heavy atom. The Labute approximate surface area is 819 Å². The number of amides is 6. The number of imidazole rings is 5. The first kappa shape index (κ1) is 98.8. The fraction of sp³-hybridized carbons (Fsp3) is 0.110. The monoisotopic (exact) mass is 2010 g/mol. The Bertz CT molecular complexity index is 6130. The van der Waals surface area contributed by atoms with E-state index in [1.165, 1.54) is 33.3 Å². The molecule has 8 aromatic heterocycles. The van der Waals surface area contributed by atoms with Crippen LogP contribution in [0.3, 0.4) is 0 Å². The molecular weight excluding hydrogens is 1930 g/mol. The molecule has 0 aliphatic carbocycles. The Hall–Kier alpha value is -10.0. The number of carbonyl (C=O) groups excluding carboxylic acids is 9. The summed E-state index contributed by atoms with van der Waals surface area (Å²) < 4.78 is 22.2. The van der Waals surface area contributed by atoms with Gasteiger partial charge in [0, 0.05) is 84.1 Å². The largest absolute Gasteiger partial charge is 1.00 e. The zero-order chi connectivity index (χ0) is 81.3. The van der Waals surface area contributed by atoms with Crippen molar-refractivity contribution in [1.82, 2.24) is 68.4 Å². The number of hydrogen-bond acceptors (Lipinski definition) is 19. The van der Waals surface area contributed by atoms with Gasteiger partial charge < -0.3 is 72.1 Å². The maximum absolute atomic E-state index is 12.8. The Balaban J connectivity index is 0.000000254. The molecule has 1 saturated heterocycles. The molecule has 0 spiro atoms. The Morgan fingerprint density at radius 2 is 0.900 bits per heavy atom. The fourth-order valence-corrected chi connectivity index (χ4v) is 12.2. The number of Topliss-reactive ketones (excluding diaryl/α,β-unsaturated/α-hetero) is 1. The van der Waals surface area contributed by atoms with E-state index in [1.54, 1.807) is 57.6 Å². The van der Waals surface area contributed by atoms with Crippen LogP contribution in [0.1, 0.15) is 35.8 Å². The molecular formula is C82H75BI3K2N18O14. The minimum atomic E-state index is -0.847. The number of hydrogen-bond donors (Lipinski definition) is 8. The van der Waals surface area contributed by atoms with E-state index in [2.05, 4.69) is 70.5 Å². The van der Waals surface area contributed by atoms with Crippen LogP contribution in [-0.4, -0.2) is 163 Å². The minimum Gasteiger partial charge on any atom is -1.00 e. The molecule has 603 valence electrons. The number of alkyl halides is 1. The van der Waals surface area contributed by atoms with E-state index in [0.29, 0.717) is 44.0 Å². The van der Waals surface area contributed by atoms with Gasteiger partial charge in [-0.15, -0.1) is 48.0 Å². The number of benzene rings is 8. The average Bonchev–Trinajstić information content (AvgIpc) is 1.60. The van der Waals surface area contributed by atoms with Crippen LogP contribution in [0.4, 0.5) is 0 Å². The number of imide groups is 1. The van der Waals surface area contributed by atoms with Crippen molar-refractivity contribution in [2.75, 3.05) is 31.9 Å². The molecule has 11 N–H and O–H groups in total. The van der Waals surface area contributed by atoms with Crippen LogP contribution in [0.15, 0.2) is 249 Å². The molecule has 3 aliphatic heterocycles. The van der Waals surface area contributed by atoms with E-state index in [1.807, 2.05) is 221 Å². The number of halogens is 3. The number of aliphatic imine (C=N–C) groups is 1. The summed E-state index contributed by atoms with van der Waals surface area (Å²) in [5.41, 5.74) is 30.1. The van der Waals surface area contributed by atoms with Crippen molar-refractivity contribution in [2.24, 2.45) is 22.2 Å². The molecule has 0 saturated carbocycles. The van der Waals surface area contributed by atoms with Crippen LogP contribution in [0.25, 0.3) is 110 Å². The first-order valence-electron chi connectivity index (χ1n) is 35.0. The summed E-state index contributed by atoms with van der Waals surface area (Å²) in [7, 11) is 2.71. The van der Waals surface area contributed by atoms with Crippen molar-refractivity contribution in [3.63, 3.8) is 0 Å². The molecule has 38 heteroatoms. The topological polar surface area (TPSA) is 463 Å². The zero-order valence-corrected chi connectivity index (χ0v) is 77.9. The quantitative estimate of drug-likeness (QED) is 0.00809. The number of aromatic nitrogens is 13. The van der Waals surface area contributed by atoms with Crippen molar-refractivity contribution in [1.29, 1.82) is 0 Å². The van der Waals surface area contributed by atoms with Gasteiger partial charge in [-0.2, -0.15) is 4.99 Å². The van der Waals surface area contributed by atoms with Gasteiger partial charge in [-0.05, 0) is 91.7 Å². The average molecular weight is 2010 g/mol. The number of fused-ring (bicyclic) bond motifs is 8. The van der Waals surface area contributed by atoms with E-state index in [9.17, 15) is 38.4 Å². The van der Waals surface area contributed by atoms with Gasteiger partial charge in [0.25, 0.3) is 30.0 Å². The van der Waals surface area contributed by atoms with Crippen LogP contribution < -0.4 is 131 Å². The maximum Gasteiger partial charge on any atom is 1.00 e. The minimum absolute atomic E-state index is 0. The number of nitrogens with zero attached hydrogens (tertiary/aromatic N) is 10. The molecule has 8 aromatic carbocycles. The van der Waals surface area contributed by atoms with Crippen molar-refractivity contribution in [2.45, 2.75) is 25.9 Å². The smallest absolute Gasteiger partial charge is 1.00 e. The van der Waals surface area contributed by atoms with Gasteiger partial charge >= 0.3 is 109 Å². The summed E-state index contributed by atoms with van der Waals surface area (Å²) in [6.07, 6.45) is 15.9. The van der Waals surface area contributed by atoms with Crippen LogP contribution in [0, 0.1) is 0 Å². The van der Waals surface area contributed by atoms with Gasteiger partial charge in [0.15, 0.2) is 0 Å². The van der Waals surface area contributed by atoms with Crippen LogP contribution >= 0.6 is 70.5 Å². The first-order chi connectivity index (χ1) is 55.9. The molecule has 1 fully saturated rings. The molecule has 6 amide bonds. The molecule has 3 aliphatic rings. The summed E-state index contributed by atoms with van der Waals surface area (Å²) in [6, 6.07) is 61.2. The van der Waals surface area contributed by atoms with Gasteiger partial charge in [-0.1, -0.05) is 138 Å². The van der Waals surface area contributed by atoms with Crippen molar-refractivity contribution < 1.29 is 172 Å². The molecule has 3 radical (unpaired) electrons. The molecule has 32 nitrogen and oxygen atoms in total. The van der Waals surface area contributed by atoms with Crippen LogP contribution in [0.2, 0.25) is 0 Å². The third kappa shape index (κ3) is 24.8. The van der Waals surface area contributed by atoms with E-state index in [-0.39, 0.29) is 204 Å². The van der Waals surface area contributed by atoms with E-state index in [0.717, 1.165) is 107 Å². The van der Waals surface area contributed by atoms with Crippen molar-refractivity contribution >= 4 is 249 Å². The number of esters is 1. The molecule has 0 bridgehead atoms. The number of primary amides is 3. The normalized spacial score (nSPS) is 12.0. The second kappa shape index (κ2) is 49.0.